The molecule has 1 atom stereocenters. The van der Waals surface area contributed by atoms with Gasteiger partial charge in [-0.3, -0.25) is 4.79 Å². The Kier molecular flexibility index (Phi) is 5.76. The molecular weight excluding hydrogens is 370 g/mol. The number of urea groups is 1. The van der Waals surface area contributed by atoms with Crippen LogP contribution in [0.4, 0.5) is 4.79 Å². The molecular formula is C18H24BrN3O2. The zero-order chi connectivity index (χ0) is 16.9. The molecule has 3 rings (SSSR count). The summed E-state index contributed by atoms with van der Waals surface area (Å²) >= 11 is 3.44. The van der Waals surface area contributed by atoms with Crippen molar-refractivity contribution in [2.75, 3.05) is 26.2 Å². The van der Waals surface area contributed by atoms with Gasteiger partial charge in [-0.25, -0.2) is 4.79 Å². The van der Waals surface area contributed by atoms with Crippen LogP contribution in [0.5, 0.6) is 0 Å². The van der Waals surface area contributed by atoms with Crippen LogP contribution in [0.2, 0.25) is 0 Å². The molecule has 0 bridgehead atoms. The van der Waals surface area contributed by atoms with Gasteiger partial charge in [0, 0.05) is 24.1 Å². The van der Waals surface area contributed by atoms with E-state index in [9.17, 15) is 9.59 Å². The number of carbonyl (C=O) groups excluding carboxylic acids is 2. The normalized spacial score (nSPS) is 21.0. The topological polar surface area (TPSA) is 52.7 Å². The second-order valence-corrected chi connectivity index (χ2v) is 7.42. The molecule has 0 aromatic heterocycles. The second-order valence-electron chi connectivity index (χ2n) is 6.50. The SMILES string of the molecule is O=C(CNC(=O)N1CCC[C@H]1c1ccc(Br)cc1)N1CCCCC1. The lowest BCUT2D eigenvalue weighted by Crippen LogP contribution is -2.46. The number of nitrogens with zero attached hydrogens (tertiary/aromatic N) is 2. The van der Waals surface area contributed by atoms with E-state index in [1.807, 2.05) is 21.9 Å². The van der Waals surface area contributed by atoms with Gasteiger partial charge in [0.25, 0.3) is 0 Å². The highest BCUT2D eigenvalue weighted by molar-refractivity contribution is 9.10. The minimum absolute atomic E-state index is 0.0300. The summed E-state index contributed by atoms with van der Waals surface area (Å²) in [6.07, 6.45) is 5.29. The summed E-state index contributed by atoms with van der Waals surface area (Å²) in [5.41, 5.74) is 1.15. The molecule has 0 aliphatic carbocycles. The monoisotopic (exact) mass is 393 g/mol. The molecule has 3 amide bonds. The first kappa shape index (κ1) is 17.3. The number of hydrogen-bond donors (Lipinski definition) is 1. The maximum atomic E-state index is 12.5. The van der Waals surface area contributed by atoms with Gasteiger partial charge < -0.3 is 15.1 Å². The molecule has 2 saturated heterocycles. The molecule has 2 fully saturated rings. The van der Waals surface area contributed by atoms with E-state index >= 15 is 0 Å². The Morgan fingerprint density at radius 3 is 2.46 bits per heavy atom. The highest BCUT2D eigenvalue weighted by atomic mass is 79.9. The molecule has 1 aromatic rings. The van der Waals surface area contributed by atoms with Crippen molar-refractivity contribution in [2.24, 2.45) is 0 Å². The summed E-state index contributed by atoms with van der Waals surface area (Å²) in [4.78, 5) is 28.4. The van der Waals surface area contributed by atoms with Gasteiger partial charge in [0.1, 0.15) is 0 Å². The van der Waals surface area contributed by atoms with Gasteiger partial charge in [-0.2, -0.15) is 0 Å². The van der Waals surface area contributed by atoms with Crippen molar-refractivity contribution in [1.29, 1.82) is 0 Å². The van der Waals surface area contributed by atoms with Gasteiger partial charge in [-0.05, 0) is 49.8 Å². The van der Waals surface area contributed by atoms with Crippen molar-refractivity contribution in [2.45, 2.75) is 38.1 Å². The Morgan fingerprint density at radius 1 is 1.04 bits per heavy atom. The van der Waals surface area contributed by atoms with Gasteiger partial charge in [-0.15, -0.1) is 0 Å². The third kappa shape index (κ3) is 4.09. The largest absolute Gasteiger partial charge is 0.341 e. The summed E-state index contributed by atoms with van der Waals surface area (Å²) in [7, 11) is 0. The number of halogens is 1. The van der Waals surface area contributed by atoms with E-state index in [0.717, 1.165) is 55.4 Å². The fourth-order valence-electron chi connectivity index (χ4n) is 3.55. The number of nitrogens with one attached hydrogen (secondary N) is 1. The summed E-state index contributed by atoms with van der Waals surface area (Å²) < 4.78 is 1.03. The first-order valence-corrected chi connectivity index (χ1v) is 9.52. The van der Waals surface area contributed by atoms with E-state index in [-0.39, 0.29) is 24.5 Å². The quantitative estimate of drug-likeness (QED) is 0.855. The maximum absolute atomic E-state index is 12.5. The minimum atomic E-state index is -0.134. The third-order valence-electron chi connectivity index (χ3n) is 4.87. The van der Waals surface area contributed by atoms with Crippen molar-refractivity contribution >= 4 is 27.9 Å². The van der Waals surface area contributed by atoms with Crippen LogP contribution in [0.25, 0.3) is 0 Å². The van der Waals surface area contributed by atoms with Crippen molar-refractivity contribution < 1.29 is 9.59 Å². The molecule has 6 heteroatoms. The van der Waals surface area contributed by atoms with Gasteiger partial charge >= 0.3 is 6.03 Å². The number of rotatable bonds is 3. The summed E-state index contributed by atoms with van der Waals surface area (Å²) in [6, 6.07) is 8.08. The van der Waals surface area contributed by atoms with Crippen LogP contribution in [0, 0.1) is 0 Å². The number of likely N-dealkylation sites (tertiary alicyclic amines) is 2. The lowest BCUT2D eigenvalue weighted by Gasteiger charge is -2.28. The molecule has 130 valence electrons. The zero-order valence-electron chi connectivity index (χ0n) is 13.8. The number of benzene rings is 1. The molecule has 0 unspecified atom stereocenters. The van der Waals surface area contributed by atoms with Crippen molar-refractivity contribution in [3.05, 3.63) is 34.3 Å². The Bertz CT molecular complexity index is 584. The maximum Gasteiger partial charge on any atom is 0.318 e. The molecule has 0 radical (unpaired) electrons. The van der Waals surface area contributed by atoms with Crippen LogP contribution >= 0.6 is 15.9 Å². The Balaban J connectivity index is 1.55. The Morgan fingerprint density at radius 2 is 1.75 bits per heavy atom. The second kappa shape index (κ2) is 8.01. The van der Waals surface area contributed by atoms with Gasteiger partial charge in [0.05, 0.1) is 12.6 Å². The van der Waals surface area contributed by atoms with Crippen LogP contribution < -0.4 is 5.32 Å². The molecule has 0 saturated carbocycles. The Hall–Kier alpha value is -1.56. The van der Waals surface area contributed by atoms with Gasteiger partial charge in [0.2, 0.25) is 5.91 Å². The fraction of sp³-hybridized carbons (Fsp3) is 0.556. The van der Waals surface area contributed by atoms with E-state index in [2.05, 4.69) is 33.4 Å². The Labute approximate surface area is 151 Å². The number of carbonyl (C=O) groups is 2. The molecule has 1 aromatic carbocycles. The standard InChI is InChI=1S/C18H24BrN3O2/c19-15-8-6-14(7-9-15)16-5-4-12-22(16)18(24)20-13-17(23)21-10-2-1-3-11-21/h6-9,16H,1-5,10-13H2,(H,20,24)/t16-/m0/s1. The minimum Gasteiger partial charge on any atom is -0.341 e. The molecule has 2 aliphatic heterocycles. The number of amides is 3. The highest BCUT2D eigenvalue weighted by Gasteiger charge is 2.30. The number of hydrogen-bond acceptors (Lipinski definition) is 2. The van der Waals surface area contributed by atoms with E-state index in [1.165, 1.54) is 6.42 Å². The molecule has 2 aliphatic rings. The summed E-state index contributed by atoms with van der Waals surface area (Å²) in [5.74, 6) is 0.0300. The lowest BCUT2D eigenvalue weighted by atomic mass is 10.1. The number of piperidine rings is 1. The fourth-order valence-corrected chi connectivity index (χ4v) is 3.81. The van der Waals surface area contributed by atoms with Crippen LogP contribution in [0.1, 0.15) is 43.7 Å². The summed E-state index contributed by atoms with van der Waals surface area (Å²) in [6.45, 7) is 2.48. The van der Waals surface area contributed by atoms with Crippen molar-refractivity contribution in [1.82, 2.24) is 15.1 Å². The molecule has 24 heavy (non-hydrogen) atoms. The van der Waals surface area contributed by atoms with E-state index in [4.69, 9.17) is 0 Å². The lowest BCUT2D eigenvalue weighted by molar-refractivity contribution is -0.130. The van der Waals surface area contributed by atoms with E-state index in [1.54, 1.807) is 0 Å². The average Bonchev–Trinajstić information content (AvgIpc) is 3.10. The third-order valence-corrected chi connectivity index (χ3v) is 5.40. The predicted molar refractivity (Wildman–Crippen MR) is 96.7 cm³/mol. The van der Waals surface area contributed by atoms with Crippen molar-refractivity contribution in [3.63, 3.8) is 0 Å². The average molecular weight is 394 g/mol. The van der Waals surface area contributed by atoms with Crippen LogP contribution in [-0.2, 0) is 4.79 Å². The van der Waals surface area contributed by atoms with E-state index < -0.39 is 0 Å². The molecule has 0 spiro atoms. The predicted octanol–water partition coefficient (Wildman–Crippen LogP) is 3.31. The molecule has 2 heterocycles. The first-order chi connectivity index (χ1) is 11.6. The van der Waals surface area contributed by atoms with Crippen LogP contribution in [0.15, 0.2) is 28.7 Å². The van der Waals surface area contributed by atoms with Gasteiger partial charge in [0.15, 0.2) is 0 Å². The zero-order valence-corrected chi connectivity index (χ0v) is 15.4. The highest BCUT2D eigenvalue weighted by Crippen LogP contribution is 2.32. The van der Waals surface area contributed by atoms with Gasteiger partial charge in [-0.1, -0.05) is 28.1 Å². The molecule has 1 N–H and O–H groups in total. The van der Waals surface area contributed by atoms with Crippen LogP contribution in [0.3, 0.4) is 0 Å². The van der Waals surface area contributed by atoms with Crippen LogP contribution in [-0.4, -0.2) is 47.9 Å². The first-order valence-electron chi connectivity index (χ1n) is 8.73. The molecule has 5 nitrogen and oxygen atoms in total. The summed E-state index contributed by atoms with van der Waals surface area (Å²) in [5, 5.41) is 2.82. The van der Waals surface area contributed by atoms with Crippen molar-refractivity contribution in [3.8, 4) is 0 Å². The smallest absolute Gasteiger partial charge is 0.318 e. The van der Waals surface area contributed by atoms with E-state index in [0.29, 0.717) is 0 Å².